The van der Waals surface area contributed by atoms with Crippen molar-refractivity contribution in [2.24, 2.45) is 5.41 Å². The summed E-state index contributed by atoms with van der Waals surface area (Å²) in [4.78, 5) is 13.9. The fourth-order valence-corrected chi connectivity index (χ4v) is 2.39. The lowest BCUT2D eigenvalue weighted by Gasteiger charge is -2.45. The summed E-state index contributed by atoms with van der Waals surface area (Å²) in [5.74, 6) is 0.127. The maximum Gasteiger partial charge on any atom is 0.255 e. The maximum atomic E-state index is 12.0. The molecule has 1 aliphatic rings. The molecular formula is C12H14BrNO. The number of hydrogen-bond acceptors (Lipinski definition) is 1. The number of halogens is 1. The molecule has 0 bridgehead atoms. The van der Waals surface area contributed by atoms with Gasteiger partial charge in [0, 0.05) is 17.6 Å². The molecule has 15 heavy (non-hydrogen) atoms. The number of amides is 1. The van der Waals surface area contributed by atoms with Crippen LogP contribution in [0.5, 0.6) is 0 Å². The van der Waals surface area contributed by atoms with Gasteiger partial charge in [0.05, 0.1) is 5.56 Å². The highest BCUT2D eigenvalue weighted by molar-refractivity contribution is 9.10. The van der Waals surface area contributed by atoms with E-state index < -0.39 is 0 Å². The SMILES string of the molecule is CC1(C)CN(C(=O)c2ccccc2Br)C1. The topological polar surface area (TPSA) is 20.3 Å². The zero-order chi connectivity index (χ0) is 11.1. The van der Waals surface area contributed by atoms with Crippen molar-refractivity contribution < 1.29 is 4.79 Å². The molecule has 0 radical (unpaired) electrons. The summed E-state index contributed by atoms with van der Waals surface area (Å²) < 4.78 is 0.875. The first-order chi connectivity index (χ1) is 6.99. The highest BCUT2D eigenvalue weighted by Gasteiger charge is 2.37. The first-order valence-corrected chi connectivity index (χ1v) is 5.83. The first kappa shape index (κ1) is 10.7. The molecule has 80 valence electrons. The van der Waals surface area contributed by atoms with E-state index in [0.29, 0.717) is 0 Å². The van der Waals surface area contributed by atoms with Gasteiger partial charge in [-0.3, -0.25) is 4.79 Å². The van der Waals surface area contributed by atoms with Crippen LogP contribution in [0.3, 0.4) is 0 Å². The Hall–Kier alpha value is -0.830. The Morgan fingerprint density at radius 3 is 2.47 bits per heavy atom. The van der Waals surface area contributed by atoms with Crippen LogP contribution in [0, 0.1) is 5.41 Å². The Morgan fingerprint density at radius 2 is 1.93 bits per heavy atom. The third kappa shape index (κ3) is 2.07. The second kappa shape index (κ2) is 3.63. The molecule has 0 saturated carbocycles. The monoisotopic (exact) mass is 267 g/mol. The molecule has 0 unspecified atom stereocenters. The number of likely N-dealkylation sites (tertiary alicyclic amines) is 1. The average molecular weight is 268 g/mol. The van der Waals surface area contributed by atoms with E-state index in [-0.39, 0.29) is 11.3 Å². The summed E-state index contributed by atoms with van der Waals surface area (Å²) in [7, 11) is 0. The van der Waals surface area contributed by atoms with E-state index in [9.17, 15) is 4.79 Å². The summed E-state index contributed by atoms with van der Waals surface area (Å²) >= 11 is 3.40. The lowest BCUT2D eigenvalue weighted by Crippen LogP contribution is -2.55. The minimum Gasteiger partial charge on any atom is -0.337 e. The highest BCUT2D eigenvalue weighted by Crippen LogP contribution is 2.31. The molecule has 2 nitrogen and oxygen atoms in total. The molecule has 0 spiro atoms. The van der Waals surface area contributed by atoms with Crippen LogP contribution in [-0.2, 0) is 0 Å². The van der Waals surface area contributed by atoms with Crippen molar-refractivity contribution in [1.29, 1.82) is 0 Å². The average Bonchev–Trinajstić information content (AvgIpc) is 2.14. The Labute approximate surface area is 98.4 Å². The molecule has 1 aromatic carbocycles. The predicted octanol–water partition coefficient (Wildman–Crippen LogP) is 2.93. The van der Waals surface area contributed by atoms with Gasteiger partial charge in [-0.1, -0.05) is 26.0 Å². The molecule has 0 atom stereocenters. The highest BCUT2D eigenvalue weighted by atomic mass is 79.9. The van der Waals surface area contributed by atoms with Crippen LogP contribution in [0.4, 0.5) is 0 Å². The third-order valence-electron chi connectivity index (χ3n) is 2.63. The number of carbonyl (C=O) groups is 1. The van der Waals surface area contributed by atoms with Gasteiger partial charge in [-0.05, 0) is 33.5 Å². The number of nitrogens with zero attached hydrogens (tertiary/aromatic N) is 1. The number of carbonyl (C=O) groups excluding carboxylic acids is 1. The standard InChI is InChI=1S/C12H14BrNO/c1-12(2)7-14(8-12)11(15)9-5-3-4-6-10(9)13/h3-6H,7-8H2,1-2H3. The lowest BCUT2D eigenvalue weighted by molar-refractivity contribution is 0.0235. The molecule has 0 aliphatic carbocycles. The fourth-order valence-electron chi connectivity index (χ4n) is 1.94. The Bertz CT molecular complexity index is 392. The van der Waals surface area contributed by atoms with Crippen molar-refractivity contribution in [2.45, 2.75) is 13.8 Å². The van der Waals surface area contributed by atoms with Gasteiger partial charge < -0.3 is 4.90 Å². The molecular weight excluding hydrogens is 254 g/mol. The summed E-state index contributed by atoms with van der Waals surface area (Å²) in [5, 5.41) is 0. The smallest absolute Gasteiger partial charge is 0.255 e. The van der Waals surface area contributed by atoms with Crippen LogP contribution in [0.25, 0.3) is 0 Å². The molecule has 1 saturated heterocycles. The van der Waals surface area contributed by atoms with Crippen LogP contribution in [0.1, 0.15) is 24.2 Å². The van der Waals surface area contributed by atoms with Gasteiger partial charge in [-0.25, -0.2) is 0 Å². The van der Waals surface area contributed by atoms with E-state index in [0.717, 1.165) is 23.1 Å². The number of rotatable bonds is 1. The van der Waals surface area contributed by atoms with Crippen LogP contribution < -0.4 is 0 Å². The zero-order valence-corrected chi connectivity index (χ0v) is 10.5. The Balaban J connectivity index is 2.14. The van der Waals surface area contributed by atoms with Crippen LogP contribution in [0.15, 0.2) is 28.7 Å². The van der Waals surface area contributed by atoms with E-state index in [4.69, 9.17) is 0 Å². The van der Waals surface area contributed by atoms with E-state index in [1.54, 1.807) is 0 Å². The zero-order valence-electron chi connectivity index (χ0n) is 8.96. The van der Waals surface area contributed by atoms with Gasteiger partial charge in [-0.2, -0.15) is 0 Å². The minimum atomic E-state index is 0.127. The van der Waals surface area contributed by atoms with Crippen molar-refractivity contribution in [3.05, 3.63) is 34.3 Å². The molecule has 1 amide bonds. The molecule has 1 aromatic rings. The van der Waals surface area contributed by atoms with Gasteiger partial charge in [0.2, 0.25) is 0 Å². The van der Waals surface area contributed by atoms with Gasteiger partial charge in [-0.15, -0.1) is 0 Å². The molecule has 0 aromatic heterocycles. The van der Waals surface area contributed by atoms with Crippen LogP contribution in [0.2, 0.25) is 0 Å². The van der Waals surface area contributed by atoms with E-state index >= 15 is 0 Å². The van der Waals surface area contributed by atoms with Crippen molar-refractivity contribution in [3.8, 4) is 0 Å². The predicted molar refractivity (Wildman–Crippen MR) is 63.8 cm³/mol. The molecule has 3 heteroatoms. The van der Waals surface area contributed by atoms with Crippen LogP contribution in [-0.4, -0.2) is 23.9 Å². The fraction of sp³-hybridized carbons (Fsp3) is 0.417. The molecule has 1 heterocycles. The summed E-state index contributed by atoms with van der Waals surface area (Å²) in [6.07, 6.45) is 0. The lowest BCUT2D eigenvalue weighted by atomic mass is 9.84. The van der Waals surface area contributed by atoms with Gasteiger partial charge in [0.1, 0.15) is 0 Å². The second-order valence-electron chi connectivity index (χ2n) is 4.81. The summed E-state index contributed by atoms with van der Waals surface area (Å²) in [6, 6.07) is 7.57. The normalized spacial score (nSPS) is 18.5. The number of hydrogen-bond donors (Lipinski definition) is 0. The van der Waals surface area contributed by atoms with E-state index in [1.165, 1.54) is 0 Å². The van der Waals surface area contributed by atoms with Crippen molar-refractivity contribution in [1.82, 2.24) is 4.90 Å². The van der Waals surface area contributed by atoms with E-state index in [1.807, 2.05) is 29.2 Å². The van der Waals surface area contributed by atoms with Gasteiger partial charge in [0.25, 0.3) is 5.91 Å². The minimum absolute atomic E-state index is 0.127. The first-order valence-electron chi connectivity index (χ1n) is 5.03. The Morgan fingerprint density at radius 1 is 1.33 bits per heavy atom. The van der Waals surface area contributed by atoms with Crippen molar-refractivity contribution >= 4 is 21.8 Å². The van der Waals surface area contributed by atoms with Crippen molar-refractivity contribution in [3.63, 3.8) is 0 Å². The van der Waals surface area contributed by atoms with Gasteiger partial charge in [0.15, 0.2) is 0 Å². The van der Waals surface area contributed by atoms with Crippen LogP contribution >= 0.6 is 15.9 Å². The van der Waals surface area contributed by atoms with Gasteiger partial charge >= 0.3 is 0 Å². The molecule has 0 N–H and O–H groups in total. The summed E-state index contributed by atoms with van der Waals surface area (Å²) in [5.41, 5.74) is 1.05. The molecule has 2 rings (SSSR count). The van der Waals surface area contributed by atoms with Crippen molar-refractivity contribution in [2.75, 3.05) is 13.1 Å². The largest absolute Gasteiger partial charge is 0.337 e. The molecule has 1 aliphatic heterocycles. The number of benzene rings is 1. The third-order valence-corrected chi connectivity index (χ3v) is 3.32. The summed E-state index contributed by atoms with van der Waals surface area (Å²) in [6.45, 7) is 6.06. The van der Waals surface area contributed by atoms with E-state index in [2.05, 4.69) is 29.8 Å². The quantitative estimate of drug-likeness (QED) is 0.766. The second-order valence-corrected chi connectivity index (χ2v) is 5.66. The maximum absolute atomic E-state index is 12.0. The Kier molecular flexibility index (Phi) is 2.59. The molecule has 1 fully saturated rings.